The van der Waals surface area contributed by atoms with Crippen molar-refractivity contribution in [2.45, 2.75) is 6.10 Å². The highest BCUT2D eigenvalue weighted by molar-refractivity contribution is 5.76. The summed E-state index contributed by atoms with van der Waals surface area (Å²) in [5, 5.41) is 9.47. The summed E-state index contributed by atoms with van der Waals surface area (Å²) < 4.78 is 5.53. The Kier molecular flexibility index (Phi) is 2.93. The van der Waals surface area contributed by atoms with E-state index in [1.165, 1.54) is 0 Å². The molecule has 3 aromatic rings. The van der Waals surface area contributed by atoms with Crippen molar-refractivity contribution in [3.8, 4) is 5.75 Å². The highest BCUT2D eigenvalue weighted by Crippen LogP contribution is 2.26. The Morgan fingerprint density at radius 1 is 1.16 bits per heavy atom. The van der Waals surface area contributed by atoms with E-state index in [-0.39, 0.29) is 11.9 Å². The molecule has 0 aliphatic carbocycles. The van der Waals surface area contributed by atoms with E-state index in [0.29, 0.717) is 0 Å². The number of phenolic OH excluding ortho intramolecular Hbond substituents is 1. The molecule has 0 aliphatic rings. The van der Waals surface area contributed by atoms with Gasteiger partial charge >= 0.3 is 0 Å². The number of aromatic nitrogens is 2. The van der Waals surface area contributed by atoms with Gasteiger partial charge in [-0.05, 0) is 17.7 Å². The van der Waals surface area contributed by atoms with Crippen molar-refractivity contribution in [2.75, 3.05) is 7.11 Å². The van der Waals surface area contributed by atoms with Gasteiger partial charge in [0.25, 0.3) is 0 Å². The molecule has 0 radical (unpaired) electrons. The molecule has 96 valence electrons. The molecule has 1 heterocycles. The number of nitrogens with one attached hydrogen (secondary N) is 1. The molecule has 2 N–H and O–H groups in total. The van der Waals surface area contributed by atoms with Crippen molar-refractivity contribution in [2.24, 2.45) is 0 Å². The normalized spacial score (nSPS) is 12.7. The summed E-state index contributed by atoms with van der Waals surface area (Å²) in [5.41, 5.74) is 2.65. The second-order valence-electron chi connectivity index (χ2n) is 4.35. The van der Waals surface area contributed by atoms with E-state index >= 15 is 0 Å². The van der Waals surface area contributed by atoms with Gasteiger partial charge in [-0.15, -0.1) is 0 Å². The molecule has 1 unspecified atom stereocenters. The van der Waals surface area contributed by atoms with Crippen LogP contribution in [0.15, 0.2) is 48.5 Å². The third-order valence-corrected chi connectivity index (χ3v) is 3.07. The molecule has 0 aliphatic heterocycles. The van der Waals surface area contributed by atoms with E-state index in [9.17, 15) is 5.11 Å². The van der Waals surface area contributed by atoms with Crippen LogP contribution in [-0.2, 0) is 4.74 Å². The van der Waals surface area contributed by atoms with Crippen LogP contribution in [0.2, 0.25) is 0 Å². The van der Waals surface area contributed by atoms with E-state index in [4.69, 9.17) is 4.74 Å². The third kappa shape index (κ3) is 2.18. The number of benzene rings is 2. The van der Waals surface area contributed by atoms with Crippen LogP contribution >= 0.6 is 0 Å². The maximum Gasteiger partial charge on any atom is 0.141 e. The number of hydrogen-bond donors (Lipinski definition) is 2. The number of methoxy groups -OCH3 is 1. The number of H-pyrrole nitrogens is 1. The lowest BCUT2D eigenvalue weighted by atomic mass is 10.1. The van der Waals surface area contributed by atoms with Crippen molar-refractivity contribution < 1.29 is 9.84 Å². The molecule has 0 spiro atoms. The summed E-state index contributed by atoms with van der Waals surface area (Å²) >= 11 is 0. The number of imidazole rings is 1. The van der Waals surface area contributed by atoms with Crippen LogP contribution in [-0.4, -0.2) is 22.2 Å². The van der Waals surface area contributed by atoms with E-state index in [2.05, 4.69) is 9.97 Å². The first-order chi connectivity index (χ1) is 9.28. The first kappa shape index (κ1) is 11.7. The predicted octanol–water partition coefficient (Wildman–Crippen LogP) is 3.00. The zero-order valence-corrected chi connectivity index (χ0v) is 10.5. The molecule has 4 nitrogen and oxygen atoms in total. The Labute approximate surface area is 110 Å². The second-order valence-corrected chi connectivity index (χ2v) is 4.35. The van der Waals surface area contributed by atoms with Crippen LogP contribution in [0.1, 0.15) is 17.5 Å². The smallest absolute Gasteiger partial charge is 0.141 e. The van der Waals surface area contributed by atoms with Crippen molar-refractivity contribution in [3.63, 3.8) is 0 Å². The Hall–Kier alpha value is -2.33. The van der Waals surface area contributed by atoms with Gasteiger partial charge in [0.2, 0.25) is 0 Å². The molecule has 2 aromatic carbocycles. The van der Waals surface area contributed by atoms with Crippen molar-refractivity contribution in [1.82, 2.24) is 9.97 Å². The minimum atomic E-state index is -0.240. The largest absolute Gasteiger partial charge is 0.508 e. The van der Waals surface area contributed by atoms with Gasteiger partial charge in [-0.25, -0.2) is 4.98 Å². The maximum atomic E-state index is 9.47. The fraction of sp³-hybridized carbons (Fsp3) is 0.133. The Morgan fingerprint density at radius 2 is 1.95 bits per heavy atom. The molecule has 1 aromatic heterocycles. The van der Waals surface area contributed by atoms with Crippen LogP contribution in [0.3, 0.4) is 0 Å². The quantitative estimate of drug-likeness (QED) is 0.755. The molecule has 0 amide bonds. The number of hydrogen-bond acceptors (Lipinski definition) is 3. The van der Waals surface area contributed by atoms with Crippen molar-refractivity contribution in [1.29, 1.82) is 0 Å². The number of ether oxygens (including phenoxy) is 1. The fourth-order valence-electron chi connectivity index (χ4n) is 2.17. The molecule has 1 atom stereocenters. The molecule has 4 heteroatoms. The van der Waals surface area contributed by atoms with Gasteiger partial charge in [0.1, 0.15) is 17.7 Å². The zero-order valence-electron chi connectivity index (χ0n) is 10.5. The second kappa shape index (κ2) is 4.74. The van der Waals surface area contributed by atoms with Gasteiger partial charge < -0.3 is 14.8 Å². The fourth-order valence-corrected chi connectivity index (χ4v) is 2.17. The van der Waals surface area contributed by atoms with Crippen LogP contribution in [0.4, 0.5) is 0 Å². The minimum Gasteiger partial charge on any atom is -0.508 e. The van der Waals surface area contributed by atoms with E-state index in [1.807, 2.05) is 30.3 Å². The summed E-state index contributed by atoms with van der Waals surface area (Å²) in [6.45, 7) is 0. The third-order valence-electron chi connectivity index (χ3n) is 3.07. The predicted molar refractivity (Wildman–Crippen MR) is 73.1 cm³/mol. The number of aromatic hydroxyl groups is 1. The van der Waals surface area contributed by atoms with Gasteiger partial charge in [-0.1, -0.05) is 30.3 Å². The van der Waals surface area contributed by atoms with Gasteiger partial charge in [0.05, 0.1) is 11.0 Å². The number of rotatable bonds is 3. The highest BCUT2D eigenvalue weighted by Gasteiger charge is 2.17. The first-order valence-corrected chi connectivity index (χ1v) is 6.04. The molecule has 0 bridgehead atoms. The van der Waals surface area contributed by atoms with Crippen molar-refractivity contribution in [3.05, 3.63) is 59.9 Å². The number of phenols is 1. The number of fused-ring (bicyclic) bond motifs is 1. The highest BCUT2D eigenvalue weighted by atomic mass is 16.5. The van der Waals surface area contributed by atoms with Crippen molar-refractivity contribution >= 4 is 11.0 Å². The first-order valence-electron chi connectivity index (χ1n) is 6.04. The van der Waals surface area contributed by atoms with Crippen LogP contribution in [0.25, 0.3) is 11.0 Å². The number of aromatic amines is 1. The van der Waals surface area contributed by atoms with Gasteiger partial charge in [-0.2, -0.15) is 0 Å². The molecule has 0 saturated heterocycles. The monoisotopic (exact) mass is 254 g/mol. The topological polar surface area (TPSA) is 58.1 Å². The Bertz CT molecular complexity index is 692. The zero-order chi connectivity index (χ0) is 13.2. The molecule has 0 saturated carbocycles. The Morgan fingerprint density at radius 3 is 2.68 bits per heavy atom. The van der Waals surface area contributed by atoms with E-state index in [0.717, 1.165) is 22.4 Å². The summed E-state index contributed by atoms with van der Waals surface area (Å²) in [5.74, 6) is 0.950. The lowest BCUT2D eigenvalue weighted by Gasteiger charge is -2.12. The van der Waals surface area contributed by atoms with Gasteiger partial charge in [0.15, 0.2) is 0 Å². The average molecular weight is 254 g/mol. The standard InChI is InChI=1S/C15H14N2O2/c1-19-14(10-5-3-2-4-6-10)15-16-12-8-7-11(18)9-13(12)17-15/h2-9,14,18H,1H3,(H,16,17). The Balaban J connectivity index is 2.07. The summed E-state index contributed by atoms with van der Waals surface area (Å²) in [6, 6.07) is 15.0. The van der Waals surface area contributed by atoms with E-state index in [1.54, 1.807) is 25.3 Å². The molecular formula is C15H14N2O2. The van der Waals surface area contributed by atoms with Gasteiger partial charge in [0, 0.05) is 13.2 Å². The lowest BCUT2D eigenvalue weighted by Crippen LogP contribution is -2.05. The molecular weight excluding hydrogens is 240 g/mol. The molecule has 3 rings (SSSR count). The van der Waals surface area contributed by atoms with Crippen LogP contribution in [0, 0.1) is 0 Å². The summed E-state index contributed by atoms with van der Waals surface area (Å²) in [7, 11) is 1.66. The minimum absolute atomic E-state index is 0.219. The molecule has 0 fully saturated rings. The molecule has 19 heavy (non-hydrogen) atoms. The SMILES string of the molecule is COC(c1ccccc1)c1nc2ccc(O)cc2[nH]1. The van der Waals surface area contributed by atoms with E-state index < -0.39 is 0 Å². The van der Waals surface area contributed by atoms with Crippen LogP contribution < -0.4 is 0 Å². The maximum absolute atomic E-state index is 9.47. The van der Waals surface area contributed by atoms with Crippen LogP contribution in [0.5, 0.6) is 5.75 Å². The summed E-state index contributed by atoms with van der Waals surface area (Å²) in [6.07, 6.45) is -0.240. The lowest BCUT2D eigenvalue weighted by molar-refractivity contribution is 0.130. The number of nitrogens with zero attached hydrogens (tertiary/aromatic N) is 1. The van der Waals surface area contributed by atoms with Gasteiger partial charge in [-0.3, -0.25) is 0 Å². The summed E-state index contributed by atoms with van der Waals surface area (Å²) in [4.78, 5) is 7.70. The average Bonchev–Trinajstić information content (AvgIpc) is 2.83.